The van der Waals surface area contributed by atoms with E-state index in [9.17, 15) is 4.79 Å². The molecule has 3 rings (SSSR count). The van der Waals surface area contributed by atoms with Crippen LogP contribution in [0.4, 0.5) is 5.95 Å². The number of carbonyl (C=O) groups excluding carboxylic acids is 1. The molecule has 0 amide bonds. The van der Waals surface area contributed by atoms with Crippen molar-refractivity contribution in [2.24, 2.45) is 5.41 Å². The molecule has 1 aliphatic rings. The molecular weight excluding hydrogens is 238 g/mol. The zero-order valence-corrected chi connectivity index (χ0v) is 11.7. The number of rotatable bonds is 2. The van der Waals surface area contributed by atoms with Crippen molar-refractivity contribution < 1.29 is 4.79 Å². The highest BCUT2D eigenvalue weighted by Crippen LogP contribution is 2.27. The van der Waals surface area contributed by atoms with Crippen LogP contribution in [0.15, 0.2) is 24.3 Å². The number of anilines is 1. The molecule has 2 aromatic rings. The molecule has 0 fully saturated rings. The van der Waals surface area contributed by atoms with Gasteiger partial charge in [0, 0.05) is 18.5 Å². The monoisotopic (exact) mass is 257 g/mol. The van der Waals surface area contributed by atoms with E-state index in [1.54, 1.807) is 0 Å². The standard InChI is InChI=1S/C15H19N3O/c1-15(2,3)13(19)10-17-8-9-18-12-7-5-4-6-11(12)16-14(17)18/h4-7H,8-10H2,1-3H3. The maximum absolute atomic E-state index is 12.2. The number of ketones is 1. The van der Waals surface area contributed by atoms with Crippen LogP contribution in [0.5, 0.6) is 0 Å². The van der Waals surface area contributed by atoms with Gasteiger partial charge >= 0.3 is 0 Å². The molecule has 0 spiro atoms. The van der Waals surface area contributed by atoms with Crippen LogP contribution in [0.25, 0.3) is 11.0 Å². The van der Waals surface area contributed by atoms with Gasteiger partial charge in [0.2, 0.25) is 5.95 Å². The van der Waals surface area contributed by atoms with Crippen molar-refractivity contribution in [1.29, 1.82) is 0 Å². The minimum Gasteiger partial charge on any atom is -0.333 e. The Hall–Kier alpha value is -1.84. The number of Topliss-reactive ketones (excluding diaryl/α,β-unsaturated/α-hetero) is 1. The summed E-state index contributed by atoms with van der Waals surface area (Å²) in [6.45, 7) is 8.13. The molecule has 2 heterocycles. The molecule has 100 valence electrons. The van der Waals surface area contributed by atoms with Gasteiger partial charge in [-0.1, -0.05) is 32.9 Å². The number of fused-ring (bicyclic) bond motifs is 3. The van der Waals surface area contributed by atoms with Crippen molar-refractivity contribution in [3.8, 4) is 0 Å². The minimum absolute atomic E-state index is 0.257. The maximum atomic E-state index is 12.2. The fourth-order valence-electron chi connectivity index (χ4n) is 2.41. The van der Waals surface area contributed by atoms with E-state index in [1.165, 1.54) is 0 Å². The summed E-state index contributed by atoms with van der Waals surface area (Å²) in [6.07, 6.45) is 0. The lowest BCUT2D eigenvalue weighted by Crippen LogP contribution is -2.35. The smallest absolute Gasteiger partial charge is 0.207 e. The summed E-state index contributed by atoms with van der Waals surface area (Å²) in [5.74, 6) is 1.19. The number of hydrogen-bond donors (Lipinski definition) is 0. The molecule has 1 aliphatic heterocycles. The molecule has 4 heteroatoms. The Balaban J connectivity index is 1.92. The predicted octanol–water partition coefficient (Wildman–Crippen LogP) is 2.47. The predicted molar refractivity (Wildman–Crippen MR) is 76.4 cm³/mol. The molecule has 0 atom stereocenters. The third-order valence-electron chi connectivity index (χ3n) is 3.68. The van der Waals surface area contributed by atoms with Crippen molar-refractivity contribution in [1.82, 2.24) is 9.55 Å². The first-order chi connectivity index (χ1) is 8.97. The van der Waals surface area contributed by atoms with Gasteiger partial charge in [-0.3, -0.25) is 4.79 Å². The molecular formula is C15H19N3O. The molecule has 0 N–H and O–H groups in total. The number of carbonyl (C=O) groups is 1. The summed E-state index contributed by atoms with van der Waals surface area (Å²) in [5.41, 5.74) is 1.87. The quantitative estimate of drug-likeness (QED) is 0.829. The summed E-state index contributed by atoms with van der Waals surface area (Å²) in [7, 11) is 0. The van der Waals surface area contributed by atoms with E-state index >= 15 is 0 Å². The summed E-state index contributed by atoms with van der Waals surface area (Å²) in [4.78, 5) is 18.9. The van der Waals surface area contributed by atoms with E-state index in [1.807, 2.05) is 39.0 Å². The summed E-state index contributed by atoms with van der Waals surface area (Å²) >= 11 is 0. The third kappa shape index (κ3) is 2.01. The van der Waals surface area contributed by atoms with Gasteiger partial charge in [0.05, 0.1) is 17.6 Å². The van der Waals surface area contributed by atoms with Crippen molar-refractivity contribution in [3.05, 3.63) is 24.3 Å². The van der Waals surface area contributed by atoms with Crippen LogP contribution in [-0.2, 0) is 11.3 Å². The number of imidazole rings is 1. The molecule has 0 aliphatic carbocycles. The van der Waals surface area contributed by atoms with Gasteiger partial charge in [-0.05, 0) is 12.1 Å². The van der Waals surface area contributed by atoms with E-state index in [-0.39, 0.29) is 11.2 Å². The average molecular weight is 257 g/mol. The second-order valence-corrected chi connectivity index (χ2v) is 6.15. The molecule has 0 saturated carbocycles. The van der Waals surface area contributed by atoms with Crippen LogP contribution in [0, 0.1) is 5.41 Å². The summed E-state index contributed by atoms with van der Waals surface area (Å²) in [6, 6.07) is 8.13. The van der Waals surface area contributed by atoms with Crippen LogP contribution >= 0.6 is 0 Å². The highest BCUT2D eigenvalue weighted by atomic mass is 16.1. The molecule has 0 bridgehead atoms. The van der Waals surface area contributed by atoms with Crippen LogP contribution in [-0.4, -0.2) is 28.4 Å². The Bertz CT molecular complexity index is 636. The van der Waals surface area contributed by atoms with Crippen molar-refractivity contribution in [2.45, 2.75) is 27.3 Å². The Labute approximate surface area is 113 Å². The van der Waals surface area contributed by atoms with Gasteiger partial charge < -0.3 is 9.47 Å². The first kappa shape index (κ1) is 12.2. The van der Waals surface area contributed by atoms with Gasteiger partial charge in [-0.2, -0.15) is 0 Å². The lowest BCUT2D eigenvalue weighted by Gasteiger charge is -2.22. The van der Waals surface area contributed by atoms with Gasteiger partial charge in [0.25, 0.3) is 0 Å². The number of nitrogens with zero attached hydrogens (tertiary/aromatic N) is 3. The second-order valence-electron chi connectivity index (χ2n) is 6.15. The van der Waals surface area contributed by atoms with Gasteiger partial charge in [-0.15, -0.1) is 0 Å². The van der Waals surface area contributed by atoms with Crippen molar-refractivity contribution in [3.63, 3.8) is 0 Å². The highest BCUT2D eigenvalue weighted by molar-refractivity contribution is 5.88. The highest BCUT2D eigenvalue weighted by Gasteiger charge is 2.29. The van der Waals surface area contributed by atoms with Gasteiger partial charge in [0.15, 0.2) is 5.78 Å². The maximum Gasteiger partial charge on any atom is 0.207 e. The van der Waals surface area contributed by atoms with E-state index in [4.69, 9.17) is 0 Å². The SMILES string of the molecule is CC(C)(C)C(=O)CN1CCn2c1nc1ccccc12. The first-order valence-electron chi connectivity index (χ1n) is 6.70. The normalized spacial score (nSPS) is 15.0. The zero-order chi connectivity index (χ0) is 13.6. The third-order valence-corrected chi connectivity index (χ3v) is 3.68. The first-order valence-corrected chi connectivity index (χ1v) is 6.70. The molecule has 19 heavy (non-hydrogen) atoms. The molecule has 0 saturated heterocycles. The fourth-order valence-corrected chi connectivity index (χ4v) is 2.41. The Kier molecular flexibility index (Phi) is 2.62. The molecule has 0 unspecified atom stereocenters. The summed E-state index contributed by atoms with van der Waals surface area (Å²) in [5, 5.41) is 0. The largest absolute Gasteiger partial charge is 0.333 e. The van der Waals surface area contributed by atoms with Crippen molar-refractivity contribution >= 4 is 22.8 Å². The van der Waals surface area contributed by atoms with E-state index in [0.29, 0.717) is 6.54 Å². The second kappa shape index (κ2) is 4.08. The zero-order valence-electron chi connectivity index (χ0n) is 11.7. The average Bonchev–Trinajstić information content (AvgIpc) is 2.88. The lowest BCUT2D eigenvalue weighted by molar-refractivity contribution is -0.124. The van der Waals surface area contributed by atoms with Crippen molar-refractivity contribution in [2.75, 3.05) is 18.0 Å². The van der Waals surface area contributed by atoms with Crippen LogP contribution in [0.2, 0.25) is 0 Å². The molecule has 1 aromatic carbocycles. The number of aromatic nitrogens is 2. The lowest BCUT2D eigenvalue weighted by atomic mass is 9.90. The van der Waals surface area contributed by atoms with Gasteiger partial charge in [-0.25, -0.2) is 4.98 Å². The van der Waals surface area contributed by atoms with E-state index < -0.39 is 0 Å². The number of para-hydroxylation sites is 2. The number of hydrogen-bond acceptors (Lipinski definition) is 3. The fraction of sp³-hybridized carbons (Fsp3) is 0.467. The minimum atomic E-state index is -0.292. The Morgan fingerprint density at radius 3 is 2.74 bits per heavy atom. The van der Waals surface area contributed by atoms with Crippen LogP contribution < -0.4 is 4.90 Å². The van der Waals surface area contributed by atoms with Gasteiger partial charge in [0.1, 0.15) is 0 Å². The Morgan fingerprint density at radius 1 is 1.26 bits per heavy atom. The molecule has 4 nitrogen and oxygen atoms in total. The Morgan fingerprint density at radius 2 is 2.00 bits per heavy atom. The topological polar surface area (TPSA) is 38.1 Å². The van der Waals surface area contributed by atoms with Crippen LogP contribution in [0.3, 0.4) is 0 Å². The molecule has 0 radical (unpaired) electrons. The van der Waals surface area contributed by atoms with E-state index in [2.05, 4.69) is 20.5 Å². The number of benzene rings is 1. The molecule has 1 aromatic heterocycles. The van der Waals surface area contributed by atoms with E-state index in [0.717, 1.165) is 30.1 Å². The summed E-state index contributed by atoms with van der Waals surface area (Å²) < 4.78 is 2.20. The van der Waals surface area contributed by atoms with Crippen LogP contribution in [0.1, 0.15) is 20.8 Å².